The Morgan fingerprint density at radius 3 is 0.920 bits per heavy atom. The van der Waals surface area contributed by atoms with Gasteiger partial charge in [-0.1, -0.05) is 121 Å². The minimum atomic E-state index is -0.294. The fourth-order valence-electron chi connectivity index (χ4n) is 7.29. The first-order valence-electron chi connectivity index (χ1n) is 17.3. The van der Waals surface area contributed by atoms with E-state index in [2.05, 4.69) is 146 Å². The summed E-state index contributed by atoms with van der Waals surface area (Å²) in [4.78, 5) is 10.5. The van der Waals surface area contributed by atoms with E-state index >= 15 is 0 Å². The van der Waals surface area contributed by atoms with Crippen molar-refractivity contribution < 1.29 is 9.47 Å². The molecule has 0 radical (unpaired) electrons. The Morgan fingerprint density at radius 1 is 0.380 bits per heavy atom. The maximum atomic E-state index is 5.27. The average molecular weight is 655 g/mol. The average Bonchev–Trinajstić information content (AvgIpc) is 3.88. The molecule has 248 valence electrons. The van der Waals surface area contributed by atoms with E-state index in [1.165, 1.54) is 33.4 Å². The van der Waals surface area contributed by atoms with E-state index < -0.39 is 0 Å². The predicted molar refractivity (Wildman–Crippen MR) is 205 cm³/mol. The number of nitrogens with zero attached hydrogens (tertiary/aromatic N) is 2. The lowest BCUT2D eigenvalue weighted by molar-refractivity contribution is 0.414. The minimum absolute atomic E-state index is 0.294. The number of hydrogen-bond donors (Lipinski definition) is 0. The van der Waals surface area contributed by atoms with Crippen molar-refractivity contribution in [3.63, 3.8) is 0 Å². The first-order chi connectivity index (χ1) is 24.6. The SMILES string of the molecule is COc1ccc(C2=NC(c3ccccc3)(c3ccccc3)CC2)cc1.COc1ccc(C2=NC(c3ccccc3)(c3ccccc3)CC2)cc1. The number of ether oxygens (including phenoxy) is 2. The van der Waals surface area contributed by atoms with Crippen molar-refractivity contribution in [3.8, 4) is 11.5 Å². The van der Waals surface area contributed by atoms with E-state index in [9.17, 15) is 0 Å². The minimum Gasteiger partial charge on any atom is -0.497 e. The smallest absolute Gasteiger partial charge is 0.118 e. The van der Waals surface area contributed by atoms with Gasteiger partial charge < -0.3 is 9.47 Å². The summed E-state index contributed by atoms with van der Waals surface area (Å²) in [7, 11) is 3.38. The third-order valence-corrected chi connectivity index (χ3v) is 9.95. The number of aliphatic imine (C=N–C) groups is 2. The van der Waals surface area contributed by atoms with Gasteiger partial charge in [0.2, 0.25) is 0 Å². The second-order valence-corrected chi connectivity index (χ2v) is 12.8. The Morgan fingerprint density at radius 2 is 0.660 bits per heavy atom. The van der Waals surface area contributed by atoms with E-state index in [0.717, 1.165) is 48.6 Å². The Balaban J connectivity index is 0.000000157. The van der Waals surface area contributed by atoms with Crippen LogP contribution in [0.25, 0.3) is 0 Å². The molecule has 2 heterocycles. The van der Waals surface area contributed by atoms with Gasteiger partial charge >= 0.3 is 0 Å². The number of rotatable bonds is 8. The lowest BCUT2D eigenvalue weighted by atomic mass is 9.81. The van der Waals surface area contributed by atoms with Crippen LogP contribution < -0.4 is 9.47 Å². The van der Waals surface area contributed by atoms with Crippen LogP contribution in [0.2, 0.25) is 0 Å². The van der Waals surface area contributed by atoms with Crippen molar-refractivity contribution in [1.29, 1.82) is 0 Å². The number of methoxy groups -OCH3 is 2. The maximum absolute atomic E-state index is 5.27. The highest BCUT2D eigenvalue weighted by molar-refractivity contribution is 6.03. The van der Waals surface area contributed by atoms with Gasteiger partial charge in [-0.25, -0.2) is 0 Å². The van der Waals surface area contributed by atoms with Crippen LogP contribution in [-0.2, 0) is 11.1 Å². The second kappa shape index (κ2) is 14.8. The second-order valence-electron chi connectivity index (χ2n) is 12.8. The third-order valence-electron chi connectivity index (χ3n) is 9.95. The van der Waals surface area contributed by atoms with Crippen LogP contribution in [0.3, 0.4) is 0 Å². The Bertz CT molecular complexity index is 1810. The monoisotopic (exact) mass is 654 g/mol. The van der Waals surface area contributed by atoms with Gasteiger partial charge in [0, 0.05) is 11.4 Å². The van der Waals surface area contributed by atoms with Crippen molar-refractivity contribution in [3.05, 3.63) is 203 Å². The molecule has 0 saturated heterocycles. The van der Waals surface area contributed by atoms with Crippen molar-refractivity contribution in [1.82, 2.24) is 0 Å². The zero-order valence-electron chi connectivity index (χ0n) is 28.7. The predicted octanol–water partition coefficient (Wildman–Crippen LogP) is 10.4. The Hall–Kier alpha value is -5.74. The summed E-state index contributed by atoms with van der Waals surface area (Å²) in [6.07, 6.45) is 3.91. The molecule has 6 aromatic carbocycles. The molecule has 4 nitrogen and oxygen atoms in total. The lowest BCUT2D eigenvalue weighted by Gasteiger charge is -2.27. The fraction of sp³-hybridized carbons (Fsp3) is 0.174. The van der Waals surface area contributed by atoms with Gasteiger partial charge in [-0.05, 0) is 108 Å². The number of benzene rings is 6. The molecule has 0 N–H and O–H groups in total. The molecule has 0 fully saturated rings. The van der Waals surface area contributed by atoms with Crippen LogP contribution in [0.4, 0.5) is 0 Å². The molecule has 6 aromatic rings. The molecule has 0 saturated carbocycles. The van der Waals surface area contributed by atoms with Crippen LogP contribution in [0.15, 0.2) is 180 Å². The van der Waals surface area contributed by atoms with E-state index in [-0.39, 0.29) is 11.1 Å². The zero-order valence-corrected chi connectivity index (χ0v) is 28.7. The van der Waals surface area contributed by atoms with Gasteiger partial charge in [0.15, 0.2) is 0 Å². The van der Waals surface area contributed by atoms with E-state index in [4.69, 9.17) is 19.5 Å². The standard InChI is InChI=1S/2C23H21NO/c2*1-25-21-14-12-18(13-15-21)22-16-17-23(24-22,19-8-4-2-5-9-19)20-10-6-3-7-11-20/h2*2-15H,16-17H2,1H3. The topological polar surface area (TPSA) is 43.2 Å². The summed E-state index contributed by atoms with van der Waals surface area (Å²) in [6.45, 7) is 0. The molecule has 50 heavy (non-hydrogen) atoms. The van der Waals surface area contributed by atoms with Crippen LogP contribution >= 0.6 is 0 Å². The highest BCUT2D eigenvalue weighted by Gasteiger charge is 2.39. The van der Waals surface area contributed by atoms with Gasteiger partial charge in [0.05, 0.1) is 14.2 Å². The summed E-state index contributed by atoms with van der Waals surface area (Å²) < 4.78 is 10.5. The summed E-state index contributed by atoms with van der Waals surface area (Å²) >= 11 is 0. The van der Waals surface area contributed by atoms with Crippen LogP contribution in [-0.4, -0.2) is 25.6 Å². The molecule has 4 heteroatoms. The number of hydrogen-bond acceptors (Lipinski definition) is 4. The molecule has 0 unspecified atom stereocenters. The first-order valence-corrected chi connectivity index (χ1v) is 17.3. The first kappa shape index (κ1) is 32.8. The molecule has 2 aliphatic rings. The van der Waals surface area contributed by atoms with Crippen LogP contribution in [0.1, 0.15) is 59.1 Å². The quantitative estimate of drug-likeness (QED) is 0.164. The molecule has 0 spiro atoms. The highest BCUT2D eigenvalue weighted by Crippen LogP contribution is 2.44. The van der Waals surface area contributed by atoms with Crippen molar-refractivity contribution in [2.24, 2.45) is 9.98 Å². The fourth-order valence-corrected chi connectivity index (χ4v) is 7.29. The van der Waals surface area contributed by atoms with Crippen molar-refractivity contribution in [2.45, 2.75) is 36.8 Å². The molecular formula is C46H42N2O2. The molecule has 2 aliphatic heterocycles. The van der Waals surface area contributed by atoms with Crippen molar-refractivity contribution >= 4 is 11.4 Å². The Labute approximate surface area is 295 Å². The molecule has 0 aliphatic carbocycles. The summed E-state index contributed by atoms with van der Waals surface area (Å²) in [5.74, 6) is 1.75. The largest absolute Gasteiger partial charge is 0.497 e. The molecule has 0 bridgehead atoms. The van der Waals surface area contributed by atoms with Gasteiger partial charge in [0.25, 0.3) is 0 Å². The lowest BCUT2D eigenvalue weighted by Crippen LogP contribution is -2.22. The van der Waals surface area contributed by atoms with E-state index in [0.29, 0.717) is 0 Å². The molecule has 0 aromatic heterocycles. The highest BCUT2D eigenvalue weighted by atomic mass is 16.5. The van der Waals surface area contributed by atoms with Crippen LogP contribution in [0.5, 0.6) is 11.5 Å². The normalized spacial score (nSPS) is 15.6. The zero-order chi connectivity index (χ0) is 34.2. The van der Waals surface area contributed by atoms with Gasteiger partial charge in [-0.15, -0.1) is 0 Å². The molecular weight excluding hydrogens is 613 g/mol. The molecule has 0 amide bonds. The summed E-state index contributed by atoms with van der Waals surface area (Å²) in [6, 6.07) is 58.9. The van der Waals surface area contributed by atoms with Crippen LogP contribution in [0, 0.1) is 0 Å². The molecule has 0 atom stereocenters. The van der Waals surface area contributed by atoms with E-state index in [1.54, 1.807) is 14.2 Å². The summed E-state index contributed by atoms with van der Waals surface area (Å²) in [5.41, 5.74) is 9.11. The summed E-state index contributed by atoms with van der Waals surface area (Å²) in [5, 5.41) is 0. The third kappa shape index (κ3) is 6.62. The van der Waals surface area contributed by atoms with Gasteiger partial charge in [0.1, 0.15) is 22.6 Å². The van der Waals surface area contributed by atoms with E-state index in [1.807, 2.05) is 24.3 Å². The Kier molecular flexibility index (Phi) is 9.70. The maximum Gasteiger partial charge on any atom is 0.118 e. The van der Waals surface area contributed by atoms with Gasteiger partial charge in [-0.3, -0.25) is 9.98 Å². The van der Waals surface area contributed by atoms with Gasteiger partial charge in [-0.2, -0.15) is 0 Å². The van der Waals surface area contributed by atoms with Crippen molar-refractivity contribution in [2.75, 3.05) is 14.2 Å². The molecule has 8 rings (SSSR count).